The van der Waals surface area contributed by atoms with Crippen LogP contribution in [-0.2, 0) is 6.42 Å². The number of rotatable bonds is 6. The van der Waals surface area contributed by atoms with Crippen molar-refractivity contribution >= 4 is 5.95 Å². The van der Waals surface area contributed by atoms with Gasteiger partial charge in [-0.1, -0.05) is 12.1 Å². The fraction of sp³-hybridized carbons (Fsp3) is 0.182. The Bertz CT molecular complexity index is 1060. The number of pyridine rings is 1. The van der Waals surface area contributed by atoms with Gasteiger partial charge in [0, 0.05) is 36.4 Å². The molecular formula is C22H22N6. The van der Waals surface area contributed by atoms with Crippen LogP contribution < -0.4 is 5.32 Å². The maximum absolute atomic E-state index is 4.66. The maximum Gasteiger partial charge on any atom is 0.223 e. The minimum Gasteiger partial charge on any atom is -0.351 e. The van der Waals surface area contributed by atoms with E-state index in [2.05, 4.69) is 51.3 Å². The fourth-order valence-electron chi connectivity index (χ4n) is 3.10. The van der Waals surface area contributed by atoms with Crippen LogP contribution in [0.1, 0.15) is 18.1 Å². The van der Waals surface area contributed by atoms with Crippen molar-refractivity contribution in [3.63, 3.8) is 0 Å². The van der Waals surface area contributed by atoms with E-state index in [1.807, 2.05) is 59.8 Å². The zero-order chi connectivity index (χ0) is 19.3. The van der Waals surface area contributed by atoms with Crippen LogP contribution in [0.15, 0.2) is 73.4 Å². The van der Waals surface area contributed by atoms with Crippen molar-refractivity contribution < 1.29 is 0 Å². The summed E-state index contributed by atoms with van der Waals surface area (Å²) >= 11 is 0. The van der Waals surface area contributed by atoms with Crippen LogP contribution in [0, 0.1) is 6.92 Å². The predicted molar refractivity (Wildman–Crippen MR) is 110 cm³/mol. The first-order valence-corrected chi connectivity index (χ1v) is 9.28. The summed E-state index contributed by atoms with van der Waals surface area (Å²) < 4.78 is 1.86. The number of hydrogen-bond donors (Lipinski definition) is 1. The quantitative estimate of drug-likeness (QED) is 0.554. The van der Waals surface area contributed by atoms with Gasteiger partial charge in [0.25, 0.3) is 0 Å². The minimum absolute atomic E-state index is 0.202. The Balaban J connectivity index is 1.49. The molecule has 6 heteroatoms. The van der Waals surface area contributed by atoms with E-state index in [9.17, 15) is 0 Å². The Morgan fingerprint density at radius 3 is 2.75 bits per heavy atom. The zero-order valence-corrected chi connectivity index (χ0v) is 15.9. The molecule has 1 N–H and O–H groups in total. The smallest absolute Gasteiger partial charge is 0.223 e. The van der Waals surface area contributed by atoms with Crippen molar-refractivity contribution in [1.82, 2.24) is 24.7 Å². The first kappa shape index (κ1) is 17.9. The molecule has 0 bridgehead atoms. The monoisotopic (exact) mass is 370 g/mol. The summed E-state index contributed by atoms with van der Waals surface area (Å²) in [7, 11) is 0. The lowest BCUT2D eigenvalue weighted by atomic mass is 10.1. The average Bonchev–Trinajstić information content (AvgIpc) is 3.19. The second-order valence-electron chi connectivity index (χ2n) is 6.88. The van der Waals surface area contributed by atoms with Crippen LogP contribution in [0.2, 0.25) is 0 Å². The Hall–Kier alpha value is -3.54. The Labute approximate surface area is 164 Å². The summed E-state index contributed by atoms with van der Waals surface area (Å²) in [4.78, 5) is 13.1. The van der Waals surface area contributed by atoms with E-state index in [0.717, 1.165) is 23.4 Å². The molecule has 0 radical (unpaired) electrons. The molecule has 3 heterocycles. The molecule has 0 aliphatic rings. The second kappa shape index (κ2) is 8.00. The minimum atomic E-state index is 0.202. The van der Waals surface area contributed by atoms with Gasteiger partial charge < -0.3 is 5.32 Å². The number of aromatic nitrogens is 5. The first-order chi connectivity index (χ1) is 13.7. The van der Waals surface area contributed by atoms with Gasteiger partial charge in [-0.2, -0.15) is 5.10 Å². The molecule has 0 aliphatic carbocycles. The van der Waals surface area contributed by atoms with E-state index in [-0.39, 0.29) is 6.04 Å². The molecule has 1 aromatic carbocycles. The summed E-state index contributed by atoms with van der Waals surface area (Å²) in [6.45, 7) is 4.19. The number of nitrogens with one attached hydrogen (secondary N) is 1. The van der Waals surface area contributed by atoms with Crippen molar-refractivity contribution in [3.8, 4) is 16.9 Å². The highest BCUT2D eigenvalue weighted by atomic mass is 15.3. The Morgan fingerprint density at radius 2 is 1.93 bits per heavy atom. The normalized spacial score (nSPS) is 11.9. The molecule has 6 nitrogen and oxygen atoms in total. The summed E-state index contributed by atoms with van der Waals surface area (Å²) in [6.07, 6.45) is 10.1. The van der Waals surface area contributed by atoms with Gasteiger partial charge in [-0.3, -0.25) is 4.98 Å². The molecule has 1 atom stereocenters. The molecule has 0 fully saturated rings. The number of aryl methyl sites for hydroxylation is 1. The lowest BCUT2D eigenvalue weighted by molar-refractivity contribution is 0.776. The summed E-state index contributed by atoms with van der Waals surface area (Å²) in [6, 6.07) is 14.4. The van der Waals surface area contributed by atoms with E-state index in [1.54, 1.807) is 6.20 Å². The first-order valence-electron chi connectivity index (χ1n) is 9.28. The van der Waals surface area contributed by atoms with E-state index in [1.165, 1.54) is 11.1 Å². The van der Waals surface area contributed by atoms with Crippen molar-refractivity contribution in [1.29, 1.82) is 0 Å². The van der Waals surface area contributed by atoms with Crippen molar-refractivity contribution in [3.05, 3.63) is 84.6 Å². The van der Waals surface area contributed by atoms with Gasteiger partial charge in [-0.05, 0) is 61.7 Å². The second-order valence-corrected chi connectivity index (χ2v) is 6.88. The Kier molecular flexibility index (Phi) is 5.10. The van der Waals surface area contributed by atoms with Gasteiger partial charge in [0.2, 0.25) is 5.95 Å². The van der Waals surface area contributed by atoms with Gasteiger partial charge in [-0.25, -0.2) is 14.6 Å². The van der Waals surface area contributed by atoms with Gasteiger partial charge in [-0.15, -0.1) is 0 Å². The number of hydrogen-bond acceptors (Lipinski definition) is 5. The summed E-state index contributed by atoms with van der Waals surface area (Å²) in [5.41, 5.74) is 5.25. The molecule has 0 saturated carbocycles. The molecule has 0 aliphatic heterocycles. The lowest BCUT2D eigenvalue weighted by Crippen LogP contribution is -2.19. The van der Waals surface area contributed by atoms with Crippen molar-refractivity contribution in [2.24, 2.45) is 0 Å². The van der Waals surface area contributed by atoms with Crippen LogP contribution in [0.5, 0.6) is 0 Å². The molecule has 0 saturated heterocycles. The molecular weight excluding hydrogens is 348 g/mol. The van der Waals surface area contributed by atoms with Crippen LogP contribution in [0.4, 0.5) is 5.95 Å². The maximum atomic E-state index is 4.66. The van der Waals surface area contributed by atoms with Crippen LogP contribution in [0.3, 0.4) is 0 Å². The molecule has 0 amide bonds. The molecule has 140 valence electrons. The third kappa shape index (κ3) is 4.23. The summed E-state index contributed by atoms with van der Waals surface area (Å²) in [5, 5.41) is 7.86. The average molecular weight is 370 g/mol. The highest BCUT2D eigenvalue weighted by Gasteiger charge is 2.09. The lowest BCUT2D eigenvalue weighted by Gasteiger charge is -2.14. The zero-order valence-electron chi connectivity index (χ0n) is 15.9. The van der Waals surface area contributed by atoms with Gasteiger partial charge in [0.15, 0.2) is 0 Å². The van der Waals surface area contributed by atoms with E-state index in [4.69, 9.17) is 0 Å². The third-order valence-corrected chi connectivity index (χ3v) is 4.47. The van der Waals surface area contributed by atoms with Crippen molar-refractivity contribution in [2.75, 3.05) is 5.32 Å². The van der Waals surface area contributed by atoms with Crippen molar-refractivity contribution in [2.45, 2.75) is 26.3 Å². The highest BCUT2D eigenvalue weighted by molar-refractivity contribution is 5.59. The third-order valence-electron chi connectivity index (χ3n) is 4.47. The Morgan fingerprint density at radius 1 is 1.07 bits per heavy atom. The molecule has 3 aromatic heterocycles. The van der Waals surface area contributed by atoms with E-state index >= 15 is 0 Å². The van der Waals surface area contributed by atoms with Gasteiger partial charge in [0.1, 0.15) is 0 Å². The van der Waals surface area contributed by atoms with Crippen LogP contribution in [-0.4, -0.2) is 30.8 Å². The molecule has 4 rings (SSSR count). The number of anilines is 1. The summed E-state index contributed by atoms with van der Waals surface area (Å²) in [5.74, 6) is 0.613. The molecule has 0 spiro atoms. The number of nitrogens with zero attached hydrogens (tertiary/aromatic N) is 5. The van der Waals surface area contributed by atoms with E-state index < -0.39 is 0 Å². The van der Waals surface area contributed by atoms with E-state index in [0.29, 0.717) is 5.95 Å². The molecule has 28 heavy (non-hydrogen) atoms. The van der Waals surface area contributed by atoms with Gasteiger partial charge >= 0.3 is 0 Å². The predicted octanol–water partition coefficient (Wildman–Crippen LogP) is 4.08. The van der Waals surface area contributed by atoms with Crippen LogP contribution >= 0.6 is 0 Å². The van der Waals surface area contributed by atoms with Crippen LogP contribution in [0.25, 0.3) is 16.9 Å². The number of benzene rings is 1. The standard InChI is InChI=1S/C22H22N6/c1-16-4-3-5-20(12-16)28-15-19(14-25-28)21-8-11-24-22(27-21)26-17(2)13-18-6-9-23-10-7-18/h3-12,14-15,17H,13H2,1-2H3,(H,24,26,27)/t17-/m1/s1. The topological polar surface area (TPSA) is 68.5 Å². The van der Waals surface area contributed by atoms with Gasteiger partial charge in [0.05, 0.1) is 17.6 Å². The molecule has 4 aromatic rings. The fourth-order valence-corrected chi connectivity index (χ4v) is 3.10. The highest BCUT2D eigenvalue weighted by Crippen LogP contribution is 2.19. The largest absolute Gasteiger partial charge is 0.351 e. The molecule has 0 unspecified atom stereocenters. The SMILES string of the molecule is Cc1cccc(-n2cc(-c3ccnc(N[C@H](C)Cc4ccncc4)n3)cn2)c1.